The average molecular weight is 336 g/mol. The smallest absolute Gasteiger partial charge is 0.235 e. The first-order valence-electron chi connectivity index (χ1n) is 8.62. The monoisotopic (exact) mass is 336 g/mol. The Morgan fingerprint density at radius 2 is 1.72 bits per heavy atom. The van der Waals surface area contributed by atoms with Crippen molar-refractivity contribution in [1.29, 1.82) is 0 Å². The Kier molecular flexibility index (Phi) is 4.42. The lowest BCUT2D eigenvalue weighted by Crippen LogP contribution is -2.11. The Labute approximate surface area is 148 Å². The summed E-state index contributed by atoms with van der Waals surface area (Å²) in [5, 5.41) is 0.554. The predicted molar refractivity (Wildman–Crippen MR) is 103 cm³/mol. The number of aryl methyl sites for hydroxylation is 1. The lowest BCUT2D eigenvalue weighted by molar-refractivity contribution is 0.330. The quantitative estimate of drug-likeness (QED) is 0.637. The highest BCUT2D eigenvalue weighted by Crippen LogP contribution is 2.32. The first-order valence-corrected chi connectivity index (χ1v) is 8.62. The lowest BCUT2D eigenvalue weighted by Gasteiger charge is -2.19. The molecular weight excluding hydrogens is 312 g/mol. The zero-order chi connectivity index (χ0) is 18.2. The van der Waals surface area contributed by atoms with E-state index in [0.29, 0.717) is 23.3 Å². The third-order valence-electron chi connectivity index (χ3n) is 4.31. The standard InChI is InChI=1S/C22H24O3/c1-6-24-21-19(23)17-13-14(2)7-12-18(17)25-20(21)15-8-10-16(11-9-15)22(3,4)5/h7-13H,6H2,1-5H3. The second-order valence-corrected chi connectivity index (χ2v) is 7.35. The van der Waals surface area contributed by atoms with Gasteiger partial charge in [0.15, 0.2) is 5.76 Å². The molecule has 3 nitrogen and oxygen atoms in total. The van der Waals surface area contributed by atoms with Gasteiger partial charge in [-0.3, -0.25) is 4.79 Å². The van der Waals surface area contributed by atoms with Crippen molar-refractivity contribution in [2.24, 2.45) is 0 Å². The van der Waals surface area contributed by atoms with Crippen molar-refractivity contribution >= 4 is 11.0 Å². The Morgan fingerprint density at radius 3 is 2.32 bits per heavy atom. The second-order valence-electron chi connectivity index (χ2n) is 7.35. The number of ether oxygens (including phenoxy) is 1. The van der Waals surface area contributed by atoms with Crippen molar-refractivity contribution in [3.63, 3.8) is 0 Å². The van der Waals surface area contributed by atoms with E-state index in [1.807, 2.05) is 44.2 Å². The van der Waals surface area contributed by atoms with Gasteiger partial charge in [-0.25, -0.2) is 0 Å². The molecule has 1 heterocycles. The number of hydrogen-bond donors (Lipinski definition) is 0. The highest BCUT2D eigenvalue weighted by atomic mass is 16.5. The summed E-state index contributed by atoms with van der Waals surface area (Å²) in [4.78, 5) is 12.9. The first kappa shape index (κ1) is 17.3. The molecule has 0 radical (unpaired) electrons. The molecule has 0 spiro atoms. The van der Waals surface area contributed by atoms with E-state index in [-0.39, 0.29) is 16.6 Å². The molecule has 25 heavy (non-hydrogen) atoms. The van der Waals surface area contributed by atoms with Gasteiger partial charge in [-0.2, -0.15) is 0 Å². The minimum Gasteiger partial charge on any atom is -0.487 e. The SMILES string of the molecule is CCOc1c(-c2ccc(C(C)(C)C)cc2)oc2ccc(C)cc2c1=O. The molecule has 0 N–H and O–H groups in total. The van der Waals surface area contributed by atoms with Crippen LogP contribution in [0.1, 0.15) is 38.8 Å². The van der Waals surface area contributed by atoms with Crippen molar-refractivity contribution in [3.8, 4) is 17.1 Å². The minimum absolute atomic E-state index is 0.0724. The van der Waals surface area contributed by atoms with E-state index in [1.54, 1.807) is 0 Å². The van der Waals surface area contributed by atoms with Crippen molar-refractivity contribution in [1.82, 2.24) is 0 Å². The molecule has 3 aromatic rings. The molecule has 0 amide bonds. The second kappa shape index (κ2) is 6.40. The average Bonchev–Trinajstić information content (AvgIpc) is 2.57. The van der Waals surface area contributed by atoms with E-state index in [2.05, 4.69) is 32.9 Å². The van der Waals surface area contributed by atoms with Crippen LogP contribution in [-0.2, 0) is 5.41 Å². The molecule has 3 heteroatoms. The zero-order valence-corrected chi connectivity index (χ0v) is 15.5. The van der Waals surface area contributed by atoms with Crippen molar-refractivity contribution < 1.29 is 9.15 Å². The number of hydrogen-bond acceptors (Lipinski definition) is 3. The van der Waals surface area contributed by atoms with Gasteiger partial charge in [-0.1, -0.05) is 56.7 Å². The van der Waals surface area contributed by atoms with E-state index in [9.17, 15) is 4.79 Å². The van der Waals surface area contributed by atoms with Crippen LogP contribution in [0.25, 0.3) is 22.3 Å². The predicted octanol–water partition coefficient (Wildman–Crippen LogP) is 5.46. The van der Waals surface area contributed by atoms with E-state index < -0.39 is 0 Å². The van der Waals surface area contributed by atoms with Gasteiger partial charge in [0.05, 0.1) is 12.0 Å². The molecule has 0 aliphatic heterocycles. The van der Waals surface area contributed by atoms with Gasteiger partial charge in [0.2, 0.25) is 11.2 Å². The Hall–Kier alpha value is -2.55. The van der Waals surface area contributed by atoms with Gasteiger partial charge in [0.25, 0.3) is 0 Å². The maximum atomic E-state index is 12.9. The van der Waals surface area contributed by atoms with Gasteiger partial charge in [-0.05, 0) is 37.0 Å². The van der Waals surface area contributed by atoms with Gasteiger partial charge in [0, 0.05) is 5.56 Å². The molecular formula is C22H24O3. The Balaban J connectivity index is 2.22. The summed E-state index contributed by atoms with van der Waals surface area (Å²) in [5.41, 5.74) is 3.62. The molecule has 0 fully saturated rings. The molecule has 130 valence electrons. The van der Waals surface area contributed by atoms with Gasteiger partial charge < -0.3 is 9.15 Å². The molecule has 3 rings (SSSR count). The normalized spacial score (nSPS) is 11.7. The van der Waals surface area contributed by atoms with Crippen LogP contribution in [0, 0.1) is 6.92 Å². The third kappa shape index (κ3) is 3.32. The fourth-order valence-corrected chi connectivity index (χ4v) is 2.88. The molecule has 0 bridgehead atoms. The Morgan fingerprint density at radius 1 is 1.04 bits per heavy atom. The topological polar surface area (TPSA) is 39.4 Å². The molecule has 0 saturated heterocycles. The first-order chi connectivity index (χ1) is 11.8. The third-order valence-corrected chi connectivity index (χ3v) is 4.31. The number of rotatable bonds is 3. The van der Waals surface area contributed by atoms with Crippen LogP contribution in [0.3, 0.4) is 0 Å². The fourth-order valence-electron chi connectivity index (χ4n) is 2.88. The van der Waals surface area contributed by atoms with E-state index in [0.717, 1.165) is 11.1 Å². The maximum Gasteiger partial charge on any atom is 0.235 e. The van der Waals surface area contributed by atoms with Crippen LogP contribution >= 0.6 is 0 Å². The highest BCUT2D eigenvalue weighted by molar-refractivity contribution is 5.82. The van der Waals surface area contributed by atoms with Gasteiger partial charge in [0.1, 0.15) is 5.58 Å². The number of benzene rings is 2. The van der Waals surface area contributed by atoms with Gasteiger partial charge in [-0.15, -0.1) is 0 Å². The van der Waals surface area contributed by atoms with Crippen molar-refractivity contribution in [3.05, 3.63) is 63.8 Å². The summed E-state index contributed by atoms with van der Waals surface area (Å²) < 4.78 is 11.7. The van der Waals surface area contributed by atoms with Gasteiger partial charge >= 0.3 is 0 Å². The largest absolute Gasteiger partial charge is 0.487 e. The zero-order valence-electron chi connectivity index (χ0n) is 15.5. The summed E-state index contributed by atoms with van der Waals surface area (Å²) in [5.74, 6) is 0.771. The molecule has 0 aliphatic carbocycles. The molecule has 0 saturated carbocycles. The summed E-state index contributed by atoms with van der Waals surface area (Å²) in [7, 11) is 0. The Bertz CT molecular complexity index is 957. The fraction of sp³-hybridized carbons (Fsp3) is 0.318. The van der Waals surface area contributed by atoms with E-state index >= 15 is 0 Å². The molecule has 0 atom stereocenters. The summed E-state index contributed by atoms with van der Waals surface area (Å²) >= 11 is 0. The maximum absolute atomic E-state index is 12.9. The minimum atomic E-state index is -0.123. The highest BCUT2D eigenvalue weighted by Gasteiger charge is 2.19. The molecule has 0 aliphatic rings. The van der Waals surface area contributed by atoms with Crippen LogP contribution < -0.4 is 10.2 Å². The van der Waals surface area contributed by atoms with Crippen LogP contribution in [0.2, 0.25) is 0 Å². The van der Waals surface area contributed by atoms with Crippen LogP contribution in [0.4, 0.5) is 0 Å². The van der Waals surface area contributed by atoms with Crippen LogP contribution in [0.15, 0.2) is 51.7 Å². The molecule has 1 aromatic heterocycles. The molecule has 2 aromatic carbocycles. The van der Waals surface area contributed by atoms with E-state index in [4.69, 9.17) is 9.15 Å². The van der Waals surface area contributed by atoms with Crippen molar-refractivity contribution in [2.75, 3.05) is 6.61 Å². The summed E-state index contributed by atoms with van der Waals surface area (Å²) in [6.07, 6.45) is 0. The van der Waals surface area contributed by atoms with Crippen LogP contribution in [-0.4, -0.2) is 6.61 Å². The van der Waals surface area contributed by atoms with Crippen LogP contribution in [0.5, 0.6) is 5.75 Å². The lowest BCUT2D eigenvalue weighted by atomic mass is 9.86. The summed E-state index contributed by atoms with van der Waals surface area (Å²) in [6.45, 7) is 10.8. The van der Waals surface area contributed by atoms with Crippen molar-refractivity contribution in [2.45, 2.75) is 40.0 Å². The molecule has 0 unspecified atom stereocenters. The van der Waals surface area contributed by atoms with E-state index in [1.165, 1.54) is 5.56 Å². The number of fused-ring (bicyclic) bond motifs is 1. The summed E-state index contributed by atoms with van der Waals surface area (Å²) in [6, 6.07) is 13.8.